The van der Waals surface area contributed by atoms with Gasteiger partial charge in [-0.1, -0.05) is 5.16 Å². The quantitative estimate of drug-likeness (QED) is 0.665. The maximum Gasteiger partial charge on any atom is 0.323 e. The molecule has 0 radical (unpaired) electrons. The van der Waals surface area contributed by atoms with E-state index in [1.54, 1.807) is 6.07 Å². The van der Waals surface area contributed by atoms with Gasteiger partial charge in [-0.2, -0.15) is 0 Å². The molecule has 1 rings (SSSR count). The molecule has 0 aliphatic heterocycles. The summed E-state index contributed by atoms with van der Waals surface area (Å²) in [6, 6.07) is 0.940. The predicted molar refractivity (Wildman–Crippen MR) is 46.6 cm³/mol. The van der Waals surface area contributed by atoms with Crippen molar-refractivity contribution < 1.29 is 19.2 Å². The lowest BCUT2D eigenvalue weighted by Gasteiger charge is -2.11. The van der Waals surface area contributed by atoms with E-state index in [1.165, 1.54) is 13.4 Å². The van der Waals surface area contributed by atoms with Crippen LogP contribution in [0.1, 0.15) is 5.69 Å². The van der Waals surface area contributed by atoms with Crippen LogP contribution in [-0.2, 0) is 16.1 Å². The molecule has 6 nitrogen and oxygen atoms in total. The Hall–Kier alpha value is -1.40. The van der Waals surface area contributed by atoms with Gasteiger partial charge in [-0.05, 0) is 0 Å². The molecule has 0 spiro atoms. The van der Waals surface area contributed by atoms with Crippen LogP contribution in [0.2, 0.25) is 0 Å². The number of ether oxygens (including phenoxy) is 1. The third kappa shape index (κ3) is 3.15. The van der Waals surface area contributed by atoms with Crippen molar-refractivity contribution in [2.24, 2.45) is 0 Å². The average Bonchev–Trinajstić information content (AvgIpc) is 2.64. The van der Waals surface area contributed by atoms with Gasteiger partial charge in [0.05, 0.1) is 12.3 Å². The lowest BCUT2D eigenvalue weighted by Crippen LogP contribution is -2.39. The zero-order chi connectivity index (χ0) is 10.4. The van der Waals surface area contributed by atoms with Gasteiger partial charge in [0.15, 0.2) is 0 Å². The van der Waals surface area contributed by atoms with Crippen LogP contribution in [-0.4, -0.2) is 36.0 Å². The van der Waals surface area contributed by atoms with E-state index >= 15 is 0 Å². The molecular weight excluding hydrogens is 188 g/mol. The van der Waals surface area contributed by atoms with E-state index in [0.29, 0.717) is 12.2 Å². The minimum Gasteiger partial charge on any atom is -0.480 e. The summed E-state index contributed by atoms with van der Waals surface area (Å²) in [5.74, 6) is -0.949. The number of carboxylic acids is 1. The van der Waals surface area contributed by atoms with Crippen LogP contribution in [0, 0.1) is 0 Å². The number of aromatic nitrogens is 1. The van der Waals surface area contributed by atoms with Gasteiger partial charge < -0.3 is 14.4 Å². The highest BCUT2D eigenvalue weighted by atomic mass is 16.5. The van der Waals surface area contributed by atoms with Crippen LogP contribution in [0.4, 0.5) is 0 Å². The summed E-state index contributed by atoms with van der Waals surface area (Å²) in [5.41, 5.74) is 0.660. The molecule has 0 amide bonds. The summed E-state index contributed by atoms with van der Waals surface area (Å²) in [6.07, 6.45) is 1.43. The summed E-state index contributed by atoms with van der Waals surface area (Å²) in [5, 5.41) is 15.2. The first-order valence-corrected chi connectivity index (χ1v) is 4.08. The Morgan fingerprint density at radius 1 is 1.86 bits per heavy atom. The molecule has 2 N–H and O–H groups in total. The standard InChI is InChI=1S/C8H12N2O4/c1-13-5-7(8(11)12)9-4-6-2-3-14-10-6/h2-3,7,9H,4-5H2,1H3,(H,11,12). The number of methoxy groups -OCH3 is 1. The first-order chi connectivity index (χ1) is 6.74. The Bertz CT molecular complexity index is 273. The number of aliphatic carboxylic acids is 1. The van der Waals surface area contributed by atoms with Crippen LogP contribution >= 0.6 is 0 Å². The Balaban J connectivity index is 2.37. The topological polar surface area (TPSA) is 84.6 Å². The van der Waals surface area contributed by atoms with Crippen molar-refractivity contribution in [1.29, 1.82) is 0 Å². The van der Waals surface area contributed by atoms with Gasteiger partial charge >= 0.3 is 5.97 Å². The number of hydrogen-bond acceptors (Lipinski definition) is 5. The van der Waals surface area contributed by atoms with Crippen LogP contribution in [0.5, 0.6) is 0 Å². The molecule has 14 heavy (non-hydrogen) atoms. The number of rotatable bonds is 6. The molecule has 1 heterocycles. The number of nitrogens with zero attached hydrogens (tertiary/aromatic N) is 1. The fourth-order valence-electron chi connectivity index (χ4n) is 0.941. The highest BCUT2D eigenvalue weighted by Gasteiger charge is 2.16. The van der Waals surface area contributed by atoms with E-state index in [1.807, 2.05) is 0 Å². The summed E-state index contributed by atoms with van der Waals surface area (Å²) in [4.78, 5) is 10.7. The second-order valence-electron chi connectivity index (χ2n) is 2.72. The molecule has 1 unspecified atom stereocenters. The average molecular weight is 200 g/mol. The van der Waals surface area contributed by atoms with Crippen molar-refractivity contribution in [3.63, 3.8) is 0 Å². The monoisotopic (exact) mass is 200 g/mol. The largest absolute Gasteiger partial charge is 0.480 e. The summed E-state index contributed by atoms with van der Waals surface area (Å²) in [7, 11) is 1.45. The third-order valence-corrected chi connectivity index (χ3v) is 1.65. The molecule has 0 aromatic carbocycles. The van der Waals surface area contributed by atoms with Crippen molar-refractivity contribution in [2.45, 2.75) is 12.6 Å². The number of hydrogen-bond donors (Lipinski definition) is 2. The molecule has 1 atom stereocenters. The van der Waals surface area contributed by atoms with Gasteiger partial charge in [-0.15, -0.1) is 0 Å². The molecule has 1 aromatic rings. The van der Waals surface area contributed by atoms with Crippen molar-refractivity contribution in [3.05, 3.63) is 18.0 Å². The van der Waals surface area contributed by atoms with Gasteiger partial charge in [-0.3, -0.25) is 10.1 Å². The fourth-order valence-corrected chi connectivity index (χ4v) is 0.941. The second kappa shape index (κ2) is 5.36. The zero-order valence-electron chi connectivity index (χ0n) is 7.77. The van der Waals surface area contributed by atoms with Crippen LogP contribution in [0.15, 0.2) is 16.9 Å². The Kier molecular flexibility index (Phi) is 4.09. The van der Waals surface area contributed by atoms with E-state index in [0.717, 1.165) is 0 Å². The fraction of sp³-hybridized carbons (Fsp3) is 0.500. The molecule has 0 aliphatic carbocycles. The lowest BCUT2D eigenvalue weighted by atomic mass is 10.3. The third-order valence-electron chi connectivity index (χ3n) is 1.65. The van der Waals surface area contributed by atoms with E-state index < -0.39 is 12.0 Å². The molecule has 0 saturated carbocycles. The summed E-state index contributed by atoms with van der Waals surface area (Å²) < 4.78 is 9.35. The smallest absolute Gasteiger partial charge is 0.323 e. The summed E-state index contributed by atoms with van der Waals surface area (Å²) in [6.45, 7) is 0.462. The van der Waals surface area contributed by atoms with Gasteiger partial charge in [0.1, 0.15) is 12.3 Å². The molecular formula is C8H12N2O4. The van der Waals surface area contributed by atoms with Crippen molar-refractivity contribution in [3.8, 4) is 0 Å². The Morgan fingerprint density at radius 3 is 3.14 bits per heavy atom. The first-order valence-electron chi connectivity index (χ1n) is 4.08. The normalized spacial score (nSPS) is 12.6. The van der Waals surface area contributed by atoms with Crippen LogP contribution < -0.4 is 5.32 Å². The maximum absolute atomic E-state index is 10.7. The van der Waals surface area contributed by atoms with Gasteiger partial charge in [0.2, 0.25) is 0 Å². The number of nitrogens with one attached hydrogen (secondary N) is 1. The van der Waals surface area contributed by atoms with E-state index in [4.69, 9.17) is 9.84 Å². The molecule has 1 aromatic heterocycles. The summed E-state index contributed by atoms with van der Waals surface area (Å²) >= 11 is 0. The maximum atomic E-state index is 10.7. The SMILES string of the molecule is COCC(NCc1ccon1)C(=O)O. The van der Waals surface area contributed by atoms with Crippen LogP contribution in [0.3, 0.4) is 0 Å². The Morgan fingerprint density at radius 2 is 2.64 bits per heavy atom. The predicted octanol–water partition coefficient (Wildman–Crippen LogP) is -0.136. The molecule has 78 valence electrons. The molecule has 0 fully saturated rings. The van der Waals surface area contributed by atoms with Gasteiger partial charge in [0, 0.05) is 19.7 Å². The number of carboxylic acid groups (broad SMARTS) is 1. The van der Waals surface area contributed by atoms with Crippen molar-refractivity contribution in [1.82, 2.24) is 10.5 Å². The van der Waals surface area contributed by atoms with Crippen LogP contribution in [0.25, 0.3) is 0 Å². The zero-order valence-corrected chi connectivity index (χ0v) is 7.77. The van der Waals surface area contributed by atoms with Gasteiger partial charge in [0.25, 0.3) is 0 Å². The second-order valence-corrected chi connectivity index (χ2v) is 2.72. The van der Waals surface area contributed by atoms with Crippen molar-refractivity contribution in [2.75, 3.05) is 13.7 Å². The molecule has 0 saturated heterocycles. The highest BCUT2D eigenvalue weighted by Crippen LogP contribution is 1.95. The highest BCUT2D eigenvalue weighted by molar-refractivity contribution is 5.73. The first kappa shape index (κ1) is 10.7. The van der Waals surface area contributed by atoms with E-state index in [2.05, 4.69) is 15.0 Å². The lowest BCUT2D eigenvalue weighted by molar-refractivity contribution is -0.140. The molecule has 6 heteroatoms. The minimum atomic E-state index is -0.949. The van der Waals surface area contributed by atoms with Crippen molar-refractivity contribution >= 4 is 5.97 Å². The molecule has 0 bridgehead atoms. The van der Waals surface area contributed by atoms with E-state index in [9.17, 15) is 4.79 Å². The number of carbonyl (C=O) groups is 1. The Labute approximate surface area is 80.8 Å². The van der Waals surface area contributed by atoms with E-state index in [-0.39, 0.29) is 6.61 Å². The molecule has 0 aliphatic rings. The van der Waals surface area contributed by atoms with Gasteiger partial charge in [-0.25, -0.2) is 0 Å². The minimum absolute atomic E-state index is 0.118.